The van der Waals surface area contributed by atoms with Crippen molar-refractivity contribution in [3.8, 4) is 10.6 Å². The molecule has 2 aromatic heterocycles. The Morgan fingerprint density at radius 3 is 2.56 bits per heavy atom. The first-order valence-corrected chi connectivity index (χ1v) is 9.07. The summed E-state index contributed by atoms with van der Waals surface area (Å²) in [6.07, 6.45) is 5.06. The predicted octanol–water partition coefficient (Wildman–Crippen LogP) is 5.87. The summed E-state index contributed by atoms with van der Waals surface area (Å²) in [6.45, 7) is 2.17. The van der Waals surface area contributed by atoms with Gasteiger partial charge in [0.2, 0.25) is 0 Å². The highest BCUT2D eigenvalue weighted by Crippen LogP contribution is 2.28. The van der Waals surface area contributed by atoms with E-state index in [-0.39, 0.29) is 11.2 Å². The van der Waals surface area contributed by atoms with Crippen molar-refractivity contribution in [1.29, 1.82) is 0 Å². The Morgan fingerprint density at radius 2 is 1.88 bits per heavy atom. The van der Waals surface area contributed by atoms with Gasteiger partial charge in [0.15, 0.2) is 5.13 Å². The second-order valence-corrected chi connectivity index (χ2v) is 6.82. The number of halogens is 1. The van der Waals surface area contributed by atoms with Crippen LogP contribution in [0.1, 0.15) is 25.3 Å². The lowest BCUT2D eigenvalue weighted by molar-refractivity contribution is 0.262. The van der Waals surface area contributed by atoms with Gasteiger partial charge in [-0.2, -0.15) is 4.39 Å². The topological polar surface area (TPSA) is 56.9 Å². The molecule has 3 N–H and O–H groups in total. The molecule has 3 rings (SSSR count). The minimum absolute atomic E-state index is 0.237. The van der Waals surface area contributed by atoms with Crippen LogP contribution in [0.2, 0.25) is 0 Å². The number of aromatic amines is 1. The Morgan fingerprint density at radius 1 is 1.12 bits per heavy atom. The highest BCUT2D eigenvalue weighted by atomic mass is 32.1. The molecule has 0 saturated heterocycles. The number of carbonyl (C=O) groups is 1. The molecule has 0 bridgehead atoms. The molecule has 0 spiro atoms. The monoisotopic (exact) mass is 357 g/mol. The van der Waals surface area contributed by atoms with E-state index in [9.17, 15) is 9.18 Å². The Kier molecular flexibility index (Phi) is 5.50. The summed E-state index contributed by atoms with van der Waals surface area (Å²) in [6, 6.07) is 12.5. The number of amides is 2. The third-order valence-electron chi connectivity index (χ3n) is 3.81. The van der Waals surface area contributed by atoms with Crippen LogP contribution in [0, 0.1) is 5.13 Å². The van der Waals surface area contributed by atoms with Crippen LogP contribution < -0.4 is 10.6 Å². The quantitative estimate of drug-likeness (QED) is 0.508. The van der Waals surface area contributed by atoms with Crippen molar-refractivity contribution in [1.82, 2.24) is 4.98 Å². The Labute approximate surface area is 150 Å². The Bertz CT molecular complexity index is 838. The number of rotatable bonds is 6. The van der Waals surface area contributed by atoms with Crippen LogP contribution in [0.25, 0.3) is 10.6 Å². The smallest absolute Gasteiger partial charge is 0.323 e. The van der Waals surface area contributed by atoms with Gasteiger partial charge in [0, 0.05) is 11.9 Å². The SMILES string of the molecule is CCCCc1ccc(NC(=O)Nc2c[nH]c(-c3ccc(F)s3)c2)cc1. The molecule has 2 heterocycles. The number of urea groups is 1. The molecule has 1 aromatic carbocycles. The fraction of sp³-hybridized carbons (Fsp3) is 0.211. The number of carbonyl (C=O) groups excluding carboxylic acids is 1. The zero-order valence-corrected chi connectivity index (χ0v) is 14.8. The molecule has 0 aliphatic carbocycles. The van der Waals surface area contributed by atoms with E-state index in [0.717, 1.165) is 40.4 Å². The van der Waals surface area contributed by atoms with Crippen molar-refractivity contribution in [2.75, 3.05) is 10.6 Å². The lowest BCUT2D eigenvalue weighted by Gasteiger charge is -2.07. The van der Waals surface area contributed by atoms with E-state index in [1.807, 2.05) is 24.3 Å². The number of anilines is 2. The van der Waals surface area contributed by atoms with Crippen LogP contribution in [0.3, 0.4) is 0 Å². The van der Waals surface area contributed by atoms with Crippen molar-refractivity contribution < 1.29 is 9.18 Å². The van der Waals surface area contributed by atoms with Gasteiger partial charge in [-0.3, -0.25) is 0 Å². The minimum Gasteiger partial charge on any atom is -0.359 e. The number of hydrogen-bond donors (Lipinski definition) is 3. The van der Waals surface area contributed by atoms with Crippen LogP contribution in [0.5, 0.6) is 0 Å². The second-order valence-electron chi connectivity index (χ2n) is 5.79. The average Bonchev–Trinajstić information content (AvgIpc) is 3.23. The molecule has 6 heteroatoms. The molecule has 4 nitrogen and oxygen atoms in total. The third kappa shape index (κ3) is 4.70. The van der Waals surface area contributed by atoms with Gasteiger partial charge >= 0.3 is 6.03 Å². The fourth-order valence-corrected chi connectivity index (χ4v) is 3.21. The van der Waals surface area contributed by atoms with E-state index >= 15 is 0 Å². The van der Waals surface area contributed by atoms with Crippen LogP contribution in [-0.2, 0) is 6.42 Å². The molecular formula is C19H20FN3OS. The van der Waals surface area contributed by atoms with E-state index in [1.54, 1.807) is 18.3 Å². The van der Waals surface area contributed by atoms with Crippen molar-refractivity contribution in [2.45, 2.75) is 26.2 Å². The van der Waals surface area contributed by atoms with Crippen LogP contribution >= 0.6 is 11.3 Å². The molecular weight excluding hydrogens is 337 g/mol. The summed E-state index contributed by atoms with van der Waals surface area (Å²) in [7, 11) is 0. The maximum Gasteiger partial charge on any atom is 0.323 e. The van der Waals surface area contributed by atoms with Crippen molar-refractivity contribution in [2.24, 2.45) is 0 Å². The van der Waals surface area contributed by atoms with Crippen molar-refractivity contribution in [3.63, 3.8) is 0 Å². The first kappa shape index (κ1) is 17.2. The standard InChI is InChI=1S/C19H20FN3OS/c1-2-3-4-13-5-7-14(8-6-13)22-19(24)23-15-11-16(21-12-15)17-9-10-18(20)25-17/h5-12,21H,2-4H2,1H3,(H2,22,23,24). The summed E-state index contributed by atoms with van der Waals surface area (Å²) in [5, 5.41) is 5.33. The number of nitrogens with one attached hydrogen (secondary N) is 3. The molecule has 3 aromatic rings. The van der Waals surface area contributed by atoms with Crippen LogP contribution in [0.15, 0.2) is 48.7 Å². The van der Waals surface area contributed by atoms with Crippen molar-refractivity contribution in [3.05, 3.63) is 59.4 Å². The number of H-pyrrole nitrogens is 1. The second kappa shape index (κ2) is 7.98. The first-order chi connectivity index (χ1) is 12.1. The van der Waals surface area contributed by atoms with Gasteiger partial charge in [-0.25, -0.2) is 4.79 Å². The van der Waals surface area contributed by atoms with Crippen molar-refractivity contribution >= 4 is 28.7 Å². The highest BCUT2D eigenvalue weighted by Gasteiger charge is 2.08. The highest BCUT2D eigenvalue weighted by molar-refractivity contribution is 7.13. The Hall–Kier alpha value is -2.60. The maximum absolute atomic E-state index is 13.1. The van der Waals surface area contributed by atoms with Gasteiger partial charge in [-0.1, -0.05) is 25.5 Å². The van der Waals surface area contributed by atoms with E-state index in [1.165, 1.54) is 18.1 Å². The minimum atomic E-state index is -0.316. The largest absolute Gasteiger partial charge is 0.359 e. The van der Waals surface area contributed by atoms with Crippen LogP contribution in [-0.4, -0.2) is 11.0 Å². The molecule has 0 radical (unpaired) electrons. The number of aromatic nitrogens is 1. The summed E-state index contributed by atoms with van der Waals surface area (Å²) in [5.74, 6) is 0. The number of benzene rings is 1. The normalized spacial score (nSPS) is 10.6. The molecule has 0 fully saturated rings. The van der Waals surface area contributed by atoms with Gasteiger partial charge < -0.3 is 15.6 Å². The molecule has 0 atom stereocenters. The molecule has 0 aliphatic heterocycles. The van der Waals surface area contributed by atoms with E-state index in [4.69, 9.17) is 0 Å². The summed E-state index contributed by atoms with van der Waals surface area (Å²) in [4.78, 5) is 15.9. The number of unbranched alkanes of at least 4 members (excludes halogenated alkanes) is 1. The molecule has 2 amide bonds. The predicted molar refractivity (Wildman–Crippen MR) is 102 cm³/mol. The summed E-state index contributed by atoms with van der Waals surface area (Å²) < 4.78 is 13.1. The first-order valence-electron chi connectivity index (χ1n) is 8.25. The maximum atomic E-state index is 13.1. The van der Waals surface area contributed by atoms with Crippen LogP contribution in [0.4, 0.5) is 20.6 Å². The van der Waals surface area contributed by atoms with E-state index in [0.29, 0.717) is 5.69 Å². The summed E-state index contributed by atoms with van der Waals surface area (Å²) in [5.41, 5.74) is 3.41. The van der Waals surface area contributed by atoms with E-state index < -0.39 is 0 Å². The zero-order valence-electron chi connectivity index (χ0n) is 13.9. The Balaban J connectivity index is 1.56. The van der Waals surface area contributed by atoms with Gasteiger partial charge in [0.05, 0.1) is 16.3 Å². The molecule has 25 heavy (non-hydrogen) atoms. The number of thiophene rings is 1. The fourth-order valence-electron chi connectivity index (χ4n) is 2.50. The van der Waals surface area contributed by atoms with Gasteiger partial charge in [0.1, 0.15) is 0 Å². The number of hydrogen-bond acceptors (Lipinski definition) is 2. The molecule has 0 unspecified atom stereocenters. The van der Waals surface area contributed by atoms with Gasteiger partial charge in [-0.05, 0) is 48.7 Å². The van der Waals surface area contributed by atoms with Gasteiger partial charge in [-0.15, -0.1) is 11.3 Å². The molecule has 0 aliphatic rings. The summed E-state index contributed by atoms with van der Waals surface area (Å²) >= 11 is 1.06. The lowest BCUT2D eigenvalue weighted by Crippen LogP contribution is -2.18. The molecule has 130 valence electrons. The number of aryl methyl sites for hydroxylation is 1. The zero-order chi connectivity index (χ0) is 17.6. The molecule has 0 saturated carbocycles. The lowest BCUT2D eigenvalue weighted by atomic mass is 10.1. The average molecular weight is 357 g/mol. The van der Waals surface area contributed by atoms with Gasteiger partial charge in [0.25, 0.3) is 0 Å². The van der Waals surface area contributed by atoms with E-state index in [2.05, 4.69) is 22.5 Å². The third-order valence-corrected chi connectivity index (χ3v) is 4.72.